The van der Waals surface area contributed by atoms with E-state index in [0.29, 0.717) is 0 Å². The number of amides is 1. The van der Waals surface area contributed by atoms with Crippen LogP contribution in [-0.2, 0) is 0 Å². The van der Waals surface area contributed by atoms with Crippen molar-refractivity contribution in [3.8, 4) is 0 Å². The van der Waals surface area contributed by atoms with E-state index in [4.69, 9.17) is 0 Å². The van der Waals surface area contributed by atoms with Crippen molar-refractivity contribution in [1.29, 1.82) is 0 Å². The first-order valence-electron chi connectivity index (χ1n) is 6.97. The summed E-state index contributed by atoms with van der Waals surface area (Å²) in [6.07, 6.45) is 3.56. The van der Waals surface area contributed by atoms with E-state index in [9.17, 15) is 4.79 Å². The van der Waals surface area contributed by atoms with Crippen molar-refractivity contribution < 1.29 is 4.79 Å². The van der Waals surface area contributed by atoms with E-state index < -0.39 is 0 Å². The van der Waals surface area contributed by atoms with Crippen molar-refractivity contribution in [1.82, 2.24) is 4.90 Å². The van der Waals surface area contributed by atoms with Gasteiger partial charge in [0.2, 0.25) is 0 Å². The number of rotatable bonds is 2. The molecule has 1 aliphatic rings. The number of hydrogen-bond donors (Lipinski definition) is 0. The van der Waals surface area contributed by atoms with Gasteiger partial charge in [0.1, 0.15) is 0 Å². The average Bonchev–Trinajstić information content (AvgIpc) is 2.37. The monoisotopic (exact) mass is 245 g/mol. The maximum absolute atomic E-state index is 12.4. The van der Waals surface area contributed by atoms with Gasteiger partial charge in [-0.1, -0.05) is 30.5 Å². The molecule has 1 saturated heterocycles. The van der Waals surface area contributed by atoms with Gasteiger partial charge in [-0.2, -0.15) is 0 Å². The molecule has 1 fully saturated rings. The Morgan fingerprint density at radius 2 is 1.72 bits per heavy atom. The standard InChI is InChI=1S/C16H23NO/c1-4-14-5-7-17(8-6-14)16(18)15-10-12(2)9-13(3)11-15/h9-11,14H,4-8H2,1-3H3. The first-order valence-corrected chi connectivity index (χ1v) is 6.97. The lowest BCUT2D eigenvalue weighted by Gasteiger charge is -2.31. The maximum atomic E-state index is 12.4. The van der Waals surface area contributed by atoms with Gasteiger partial charge in [0.25, 0.3) is 5.91 Å². The lowest BCUT2D eigenvalue weighted by atomic mass is 9.94. The number of benzene rings is 1. The van der Waals surface area contributed by atoms with Crippen LogP contribution in [0.25, 0.3) is 0 Å². The van der Waals surface area contributed by atoms with E-state index >= 15 is 0 Å². The van der Waals surface area contributed by atoms with Crippen LogP contribution in [-0.4, -0.2) is 23.9 Å². The second-order valence-electron chi connectivity index (χ2n) is 5.52. The molecular formula is C16H23NO. The molecule has 0 atom stereocenters. The minimum atomic E-state index is 0.205. The van der Waals surface area contributed by atoms with Gasteiger partial charge in [0, 0.05) is 18.7 Å². The van der Waals surface area contributed by atoms with Gasteiger partial charge in [-0.15, -0.1) is 0 Å². The van der Waals surface area contributed by atoms with Gasteiger partial charge in [-0.05, 0) is 44.7 Å². The van der Waals surface area contributed by atoms with Crippen molar-refractivity contribution in [3.63, 3.8) is 0 Å². The van der Waals surface area contributed by atoms with Crippen LogP contribution in [0.5, 0.6) is 0 Å². The number of carbonyl (C=O) groups excluding carboxylic acids is 1. The van der Waals surface area contributed by atoms with E-state index in [-0.39, 0.29) is 5.91 Å². The highest BCUT2D eigenvalue weighted by atomic mass is 16.2. The summed E-state index contributed by atoms with van der Waals surface area (Å²) in [5.74, 6) is 1.02. The zero-order valence-electron chi connectivity index (χ0n) is 11.7. The zero-order chi connectivity index (χ0) is 13.1. The lowest BCUT2D eigenvalue weighted by molar-refractivity contribution is 0.0688. The Labute approximate surface area is 110 Å². The largest absolute Gasteiger partial charge is 0.339 e. The minimum Gasteiger partial charge on any atom is -0.339 e. The topological polar surface area (TPSA) is 20.3 Å². The van der Waals surface area contributed by atoms with Crippen molar-refractivity contribution in [3.05, 3.63) is 34.9 Å². The van der Waals surface area contributed by atoms with Crippen LogP contribution in [0, 0.1) is 19.8 Å². The third kappa shape index (κ3) is 2.92. The molecule has 0 unspecified atom stereocenters. The Balaban J connectivity index is 2.07. The predicted molar refractivity (Wildman–Crippen MR) is 74.8 cm³/mol. The number of likely N-dealkylation sites (tertiary alicyclic amines) is 1. The van der Waals surface area contributed by atoms with Crippen LogP contribution in [0.4, 0.5) is 0 Å². The SMILES string of the molecule is CCC1CCN(C(=O)c2cc(C)cc(C)c2)CC1. The van der Waals surface area contributed by atoms with Gasteiger partial charge < -0.3 is 4.90 Å². The third-order valence-electron chi connectivity index (χ3n) is 3.95. The Bertz CT molecular complexity index is 410. The van der Waals surface area contributed by atoms with Gasteiger partial charge in [-0.3, -0.25) is 4.79 Å². The van der Waals surface area contributed by atoms with Gasteiger partial charge in [0.05, 0.1) is 0 Å². The molecule has 0 bridgehead atoms. The molecule has 0 N–H and O–H groups in total. The number of carbonyl (C=O) groups is 1. The van der Waals surface area contributed by atoms with Crippen LogP contribution in [0.1, 0.15) is 47.7 Å². The summed E-state index contributed by atoms with van der Waals surface area (Å²) in [6.45, 7) is 8.18. The Morgan fingerprint density at radius 1 is 1.17 bits per heavy atom. The molecule has 98 valence electrons. The Kier molecular flexibility index (Phi) is 4.05. The van der Waals surface area contributed by atoms with Crippen LogP contribution < -0.4 is 0 Å². The summed E-state index contributed by atoms with van der Waals surface area (Å²) in [5, 5.41) is 0. The molecule has 1 heterocycles. The molecule has 0 saturated carbocycles. The van der Waals surface area contributed by atoms with Crippen LogP contribution in [0.2, 0.25) is 0 Å². The maximum Gasteiger partial charge on any atom is 0.253 e. The highest BCUT2D eigenvalue weighted by Gasteiger charge is 2.22. The summed E-state index contributed by atoms with van der Waals surface area (Å²) in [6, 6.07) is 6.11. The highest BCUT2D eigenvalue weighted by molar-refractivity contribution is 5.94. The van der Waals surface area contributed by atoms with Crippen molar-refractivity contribution in [2.75, 3.05) is 13.1 Å². The first-order chi connectivity index (χ1) is 8.60. The summed E-state index contributed by atoms with van der Waals surface area (Å²) < 4.78 is 0. The van der Waals surface area contributed by atoms with Gasteiger partial charge in [0.15, 0.2) is 0 Å². The second-order valence-corrected chi connectivity index (χ2v) is 5.52. The normalized spacial score (nSPS) is 16.9. The molecule has 0 aromatic heterocycles. The summed E-state index contributed by atoms with van der Waals surface area (Å²) in [7, 11) is 0. The molecule has 18 heavy (non-hydrogen) atoms. The molecule has 1 amide bonds. The molecule has 0 aliphatic carbocycles. The quantitative estimate of drug-likeness (QED) is 0.780. The number of piperidine rings is 1. The molecule has 1 aliphatic heterocycles. The zero-order valence-corrected chi connectivity index (χ0v) is 11.7. The molecule has 2 rings (SSSR count). The van der Waals surface area contributed by atoms with E-state index in [2.05, 4.69) is 13.0 Å². The molecule has 0 radical (unpaired) electrons. The highest BCUT2D eigenvalue weighted by Crippen LogP contribution is 2.22. The molecular weight excluding hydrogens is 222 g/mol. The summed E-state index contributed by atoms with van der Waals surface area (Å²) >= 11 is 0. The summed E-state index contributed by atoms with van der Waals surface area (Å²) in [5.41, 5.74) is 3.19. The van der Waals surface area contributed by atoms with E-state index in [1.165, 1.54) is 17.5 Å². The lowest BCUT2D eigenvalue weighted by Crippen LogP contribution is -2.38. The molecule has 0 spiro atoms. The fourth-order valence-corrected chi connectivity index (χ4v) is 2.83. The van der Waals surface area contributed by atoms with Crippen molar-refractivity contribution >= 4 is 5.91 Å². The fourth-order valence-electron chi connectivity index (χ4n) is 2.83. The number of aryl methyl sites for hydroxylation is 2. The molecule has 2 nitrogen and oxygen atoms in total. The molecule has 1 aromatic rings. The van der Waals surface area contributed by atoms with E-state index in [1.807, 2.05) is 30.9 Å². The smallest absolute Gasteiger partial charge is 0.253 e. The molecule has 1 aromatic carbocycles. The minimum absolute atomic E-state index is 0.205. The summed E-state index contributed by atoms with van der Waals surface area (Å²) in [4.78, 5) is 14.4. The van der Waals surface area contributed by atoms with Crippen molar-refractivity contribution in [2.45, 2.75) is 40.0 Å². The Hall–Kier alpha value is -1.31. The Morgan fingerprint density at radius 3 is 2.22 bits per heavy atom. The number of hydrogen-bond acceptors (Lipinski definition) is 1. The van der Waals surface area contributed by atoms with E-state index in [1.54, 1.807) is 0 Å². The number of nitrogens with zero attached hydrogens (tertiary/aromatic N) is 1. The van der Waals surface area contributed by atoms with Gasteiger partial charge in [-0.25, -0.2) is 0 Å². The fraction of sp³-hybridized carbons (Fsp3) is 0.562. The molecule has 2 heteroatoms. The average molecular weight is 245 g/mol. The van der Waals surface area contributed by atoms with Crippen LogP contribution >= 0.6 is 0 Å². The van der Waals surface area contributed by atoms with Gasteiger partial charge >= 0.3 is 0 Å². The first kappa shape index (κ1) is 13.1. The third-order valence-corrected chi connectivity index (χ3v) is 3.95. The predicted octanol–water partition coefficient (Wildman–Crippen LogP) is 3.57. The second kappa shape index (κ2) is 5.55. The van der Waals surface area contributed by atoms with Crippen LogP contribution in [0.3, 0.4) is 0 Å². The van der Waals surface area contributed by atoms with Crippen molar-refractivity contribution in [2.24, 2.45) is 5.92 Å². The van der Waals surface area contributed by atoms with Crippen LogP contribution in [0.15, 0.2) is 18.2 Å². The van der Waals surface area contributed by atoms with E-state index in [0.717, 1.165) is 37.4 Å².